The predicted octanol–water partition coefficient (Wildman–Crippen LogP) is 3.39. The third kappa shape index (κ3) is 5.05. The van der Waals surface area contributed by atoms with Crippen LogP contribution in [0, 0.1) is 23.5 Å². The Balaban J connectivity index is 1.50. The van der Waals surface area contributed by atoms with E-state index >= 15 is 0 Å². The van der Waals surface area contributed by atoms with Crippen LogP contribution in [0.2, 0.25) is 0 Å². The lowest BCUT2D eigenvalue weighted by Crippen LogP contribution is -2.47. The third-order valence-corrected chi connectivity index (χ3v) is 5.96. The van der Waals surface area contributed by atoms with Gasteiger partial charge in [-0.25, -0.2) is 8.78 Å². The predicted molar refractivity (Wildman–Crippen MR) is 99.0 cm³/mol. The molecular weight excluding hydrogens is 350 g/mol. The highest BCUT2D eigenvalue weighted by molar-refractivity contribution is 5.79. The van der Waals surface area contributed by atoms with Crippen LogP contribution >= 0.6 is 0 Å². The summed E-state index contributed by atoms with van der Waals surface area (Å²) in [5.74, 6) is -0.404. The number of hydrogen-bond donors (Lipinski definition) is 0. The quantitative estimate of drug-likeness (QED) is 0.806. The molecule has 0 bridgehead atoms. The Morgan fingerprint density at radius 3 is 2.48 bits per heavy atom. The zero-order chi connectivity index (χ0) is 19.4. The summed E-state index contributed by atoms with van der Waals surface area (Å²) in [6.45, 7) is 4.39. The smallest absolute Gasteiger partial charge is 0.225 e. The van der Waals surface area contributed by atoms with Crippen LogP contribution in [0.5, 0.6) is 0 Å². The van der Waals surface area contributed by atoms with Crippen molar-refractivity contribution in [3.8, 4) is 0 Å². The zero-order valence-electron chi connectivity index (χ0n) is 15.9. The van der Waals surface area contributed by atoms with E-state index in [9.17, 15) is 18.4 Å². The van der Waals surface area contributed by atoms with Gasteiger partial charge >= 0.3 is 0 Å². The van der Waals surface area contributed by atoms with Crippen molar-refractivity contribution in [1.82, 2.24) is 9.80 Å². The summed E-state index contributed by atoms with van der Waals surface area (Å²) in [6, 6.07) is 3.74. The van der Waals surface area contributed by atoms with Crippen LogP contribution in [0.4, 0.5) is 8.78 Å². The first-order valence-corrected chi connectivity index (χ1v) is 9.92. The average molecular weight is 378 g/mol. The monoisotopic (exact) mass is 378 g/mol. The number of carbonyl (C=O) groups excluding carboxylic acids is 2. The fourth-order valence-corrected chi connectivity index (χ4v) is 4.28. The van der Waals surface area contributed by atoms with E-state index in [1.807, 2.05) is 4.90 Å². The number of aryl methyl sites for hydroxylation is 1. The minimum Gasteiger partial charge on any atom is -0.343 e. The molecule has 2 saturated heterocycles. The number of amides is 2. The van der Waals surface area contributed by atoms with E-state index in [4.69, 9.17) is 0 Å². The Morgan fingerprint density at radius 1 is 1.07 bits per heavy atom. The van der Waals surface area contributed by atoms with E-state index in [1.165, 1.54) is 12.1 Å². The molecule has 2 aliphatic rings. The first-order valence-electron chi connectivity index (χ1n) is 9.92. The van der Waals surface area contributed by atoms with Crippen LogP contribution < -0.4 is 0 Å². The van der Waals surface area contributed by atoms with Gasteiger partial charge in [0.1, 0.15) is 11.6 Å². The van der Waals surface area contributed by atoms with Gasteiger partial charge in [0.2, 0.25) is 11.8 Å². The first kappa shape index (κ1) is 19.8. The normalized spacial score (nSPS) is 21.4. The number of piperidine rings is 2. The van der Waals surface area contributed by atoms with Crippen LogP contribution in [0.1, 0.15) is 44.6 Å². The van der Waals surface area contributed by atoms with Crippen molar-refractivity contribution < 1.29 is 18.4 Å². The number of rotatable bonds is 4. The number of carbonyl (C=O) groups is 2. The maximum absolute atomic E-state index is 13.8. The largest absolute Gasteiger partial charge is 0.343 e. The molecule has 0 aliphatic carbocycles. The van der Waals surface area contributed by atoms with Gasteiger partial charge in [0.25, 0.3) is 0 Å². The average Bonchev–Trinajstić information content (AvgIpc) is 2.67. The van der Waals surface area contributed by atoms with Crippen LogP contribution in [0.15, 0.2) is 18.2 Å². The molecule has 0 radical (unpaired) electrons. The van der Waals surface area contributed by atoms with Crippen molar-refractivity contribution in [1.29, 1.82) is 0 Å². The van der Waals surface area contributed by atoms with Crippen molar-refractivity contribution in [2.75, 3.05) is 26.2 Å². The SMILES string of the molecule is CC(=O)N1CCC(C(=O)N2CCC[C@H](CCc3ccc(F)cc3F)C2)CC1. The number of halogens is 2. The van der Waals surface area contributed by atoms with Gasteiger partial charge < -0.3 is 9.80 Å². The summed E-state index contributed by atoms with van der Waals surface area (Å²) in [4.78, 5) is 28.1. The molecule has 1 aromatic carbocycles. The van der Waals surface area contributed by atoms with Crippen molar-refractivity contribution in [3.05, 3.63) is 35.4 Å². The summed E-state index contributed by atoms with van der Waals surface area (Å²) in [5, 5.41) is 0. The van der Waals surface area contributed by atoms with Gasteiger partial charge in [0.15, 0.2) is 0 Å². The van der Waals surface area contributed by atoms with Crippen LogP contribution in [-0.2, 0) is 16.0 Å². The fourth-order valence-electron chi connectivity index (χ4n) is 4.28. The highest BCUT2D eigenvalue weighted by atomic mass is 19.1. The second kappa shape index (κ2) is 8.81. The van der Waals surface area contributed by atoms with E-state index in [0.717, 1.165) is 44.7 Å². The van der Waals surface area contributed by atoms with E-state index < -0.39 is 11.6 Å². The second-order valence-corrected chi connectivity index (χ2v) is 7.85. The summed E-state index contributed by atoms with van der Waals surface area (Å²) in [7, 11) is 0. The third-order valence-electron chi connectivity index (χ3n) is 5.96. The molecule has 4 nitrogen and oxygen atoms in total. The molecule has 27 heavy (non-hydrogen) atoms. The van der Waals surface area contributed by atoms with E-state index in [-0.39, 0.29) is 17.7 Å². The fraction of sp³-hybridized carbons (Fsp3) is 0.619. The summed E-state index contributed by atoms with van der Waals surface area (Å²) in [6.07, 6.45) is 4.84. The molecule has 1 aromatic rings. The minimum absolute atomic E-state index is 0.00823. The number of benzene rings is 1. The minimum atomic E-state index is -0.554. The van der Waals surface area contributed by atoms with Gasteiger partial charge in [-0.3, -0.25) is 9.59 Å². The van der Waals surface area contributed by atoms with E-state index in [2.05, 4.69) is 0 Å². The van der Waals surface area contributed by atoms with Gasteiger partial charge in [-0.15, -0.1) is 0 Å². The molecular formula is C21H28F2N2O2. The summed E-state index contributed by atoms with van der Waals surface area (Å²) in [5.41, 5.74) is 0.538. The molecule has 6 heteroatoms. The van der Waals surface area contributed by atoms with Crippen LogP contribution in [0.25, 0.3) is 0 Å². The lowest BCUT2D eigenvalue weighted by atomic mass is 9.89. The van der Waals surface area contributed by atoms with Crippen molar-refractivity contribution in [2.45, 2.75) is 45.4 Å². The second-order valence-electron chi connectivity index (χ2n) is 7.85. The summed E-state index contributed by atoms with van der Waals surface area (Å²) >= 11 is 0. The Kier molecular flexibility index (Phi) is 6.45. The molecule has 0 unspecified atom stereocenters. The molecule has 2 aliphatic heterocycles. The lowest BCUT2D eigenvalue weighted by Gasteiger charge is -2.37. The highest BCUT2D eigenvalue weighted by Gasteiger charge is 2.31. The Morgan fingerprint density at radius 2 is 1.81 bits per heavy atom. The Bertz CT molecular complexity index is 687. The van der Waals surface area contributed by atoms with Gasteiger partial charge in [0.05, 0.1) is 0 Å². The number of likely N-dealkylation sites (tertiary alicyclic amines) is 2. The molecule has 0 saturated carbocycles. The number of nitrogens with zero attached hydrogens (tertiary/aromatic N) is 2. The van der Waals surface area contributed by atoms with Crippen molar-refractivity contribution in [3.63, 3.8) is 0 Å². The molecule has 2 heterocycles. The zero-order valence-corrected chi connectivity index (χ0v) is 15.9. The van der Waals surface area contributed by atoms with E-state index in [0.29, 0.717) is 37.5 Å². The van der Waals surface area contributed by atoms with Gasteiger partial charge in [-0.05, 0) is 56.1 Å². The maximum Gasteiger partial charge on any atom is 0.225 e. The molecule has 0 N–H and O–H groups in total. The van der Waals surface area contributed by atoms with E-state index in [1.54, 1.807) is 11.8 Å². The maximum atomic E-state index is 13.8. The van der Waals surface area contributed by atoms with Gasteiger partial charge in [-0.1, -0.05) is 6.07 Å². The highest BCUT2D eigenvalue weighted by Crippen LogP contribution is 2.26. The Hall–Kier alpha value is -1.98. The first-order chi connectivity index (χ1) is 12.9. The van der Waals surface area contributed by atoms with Crippen LogP contribution in [-0.4, -0.2) is 47.8 Å². The topological polar surface area (TPSA) is 40.6 Å². The molecule has 148 valence electrons. The van der Waals surface area contributed by atoms with Crippen molar-refractivity contribution >= 4 is 11.8 Å². The summed E-state index contributed by atoms with van der Waals surface area (Å²) < 4.78 is 26.8. The van der Waals surface area contributed by atoms with Gasteiger partial charge in [0, 0.05) is 45.1 Å². The number of hydrogen-bond acceptors (Lipinski definition) is 2. The van der Waals surface area contributed by atoms with Crippen LogP contribution in [0.3, 0.4) is 0 Å². The molecule has 1 atom stereocenters. The molecule has 0 aromatic heterocycles. The molecule has 0 spiro atoms. The molecule has 2 fully saturated rings. The van der Waals surface area contributed by atoms with Crippen molar-refractivity contribution in [2.24, 2.45) is 11.8 Å². The molecule has 3 rings (SSSR count). The Labute approximate surface area is 159 Å². The molecule has 2 amide bonds. The standard InChI is InChI=1S/C21H28F2N2O2/c1-15(26)24-11-8-18(9-12-24)21(27)25-10-2-3-16(14-25)4-5-17-6-7-19(22)13-20(17)23/h6-7,13,16,18H,2-5,8-12,14H2,1H3/t16-/m1/s1. The van der Waals surface area contributed by atoms with Gasteiger partial charge in [-0.2, -0.15) is 0 Å². The lowest BCUT2D eigenvalue weighted by molar-refractivity contribution is -0.141.